The maximum Gasteiger partial charge on any atom is 0.139 e. The van der Waals surface area contributed by atoms with E-state index in [1.807, 2.05) is 18.2 Å². The van der Waals surface area contributed by atoms with Crippen LogP contribution in [0.3, 0.4) is 0 Å². The maximum absolute atomic E-state index is 6.02. The number of ether oxygens (including phenoxy) is 2. The van der Waals surface area contributed by atoms with Crippen LogP contribution in [0.25, 0.3) is 0 Å². The second-order valence-corrected chi connectivity index (χ2v) is 5.33. The molecular weight excluding hydrogens is 329 g/mol. The van der Waals surface area contributed by atoms with E-state index in [1.165, 1.54) is 0 Å². The van der Waals surface area contributed by atoms with E-state index in [4.69, 9.17) is 50.6 Å². The molecule has 0 spiro atoms. The summed E-state index contributed by atoms with van der Waals surface area (Å²) in [4.78, 5) is 0.296. The Labute approximate surface area is 138 Å². The largest absolute Gasteiger partial charge is 0.489 e. The van der Waals surface area contributed by atoms with Crippen LogP contribution in [0.4, 0.5) is 0 Å². The van der Waals surface area contributed by atoms with Gasteiger partial charge >= 0.3 is 0 Å². The highest BCUT2D eigenvalue weighted by atomic mass is 35.5. The molecule has 0 aliphatic heterocycles. The molecule has 6 heteroatoms. The van der Waals surface area contributed by atoms with Gasteiger partial charge < -0.3 is 15.2 Å². The fourth-order valence-electron chi connectivity index (χ4n) is 1.69. The van der Waals surface area contributed by atoms with Crippen LogP contribution in [-0.2, 0) is 0 Å². The van der Waals surface area contributed by atoms with E-state index in [9.17, 15) is 0 Å². The molecule has 0 aromatic heterocycles. The van der Waals surface area contributed by atoms with Crippen molar-refractivity contribution in [1.82, 2.24) is 0 Å². The summed E-state index contributed by atoms with van der Waals surface area (Å²) in [6.45, 7) is 0.661. The highest BCUT2D eigenvalue weighted by Crippen LogP contribution is 2.31. The highest BCUT2D eigenvalue weighted by Gasteiger charge is 2.07. The van der Waals surface area contributed by atoms with E-state index < -0.39 is 0 Å². The Hall–Kier alpha value is -1.49. The third-order valence-electron chi connectivity index (χ3n) is 2.67. The fraction of sp³-hybridized carbons (Fsp3) is 0.133. The summed E-state index contributed by atoms with van der Waals surface area (Å²) in [7, 11) is 0. The van der Waals surface area contributed by atoms with Crippen LogP contribution in [0.2, 0.25) is 10.0 Å². The van der Waals surface area contributed by atoms with Gasteiger partial charge in [0.05, 0.1) is 10.6 Å². The van der Waals surface area contributed by atoms with E-state index in [0.29, 0.717) is 45.3 Å². The minimum Gasteiger partial charge on any atom is -0.489 e. The van der Waals surface area contributed by atoms with Crippen molar-refractivity contribution in [2.45, 2.75) is 0 Å². The first kappa shape index (κ1) is 15.9. The summed E-state index contributed by atoms with van der Waals surface area (Å²) >= 11 is 16.9. The number of para-hydroxylation sites is 1. The average molecular weight is 342 g/mol. The van der Waals surface area contributed by atoms with Gasteiger partial charge in [0.15, 0.2) is 0 Å². The zero-order valence-corrected chi connectivity index (χ0v) is 13.3. The lowest BCUT2D eigenvalue weighted by atomic mass is 10.2. The summed E-state index contributed by atoms with van der Waals surface area (Å²) in [5.41, 5.74) is 6.34. The lowest BCUT2D eigenvalue weighted by molar-refractivity contribution is 0.217. The molecular formula is C15H13Cl2NO2S. The van der Waals surface area contributed by atoms with Crippen LogP contribution in [0.5, 0.6) is 11.5 Å². The molecule has 0 unspecified atom stereocenters. The predicted octanol–water partition coefficient (Wildman–Crippen LogP) is 4.09. The molecule has 0 aliphatic carbocycles. The van der Waals surface area contributed by atoms with E-state index in [2.05, 4.69) is 0 Å². The molecule has 0 heterocycles. The lowest BCUT2D eigenvalue weighted by Crippen LogP contribution is -2.14. The van der Waals surface area contributed by atoms with Gasteiger partial charge in [-0.1, -0.05) is 53.6 Å². The molecule has 0 amide bonds. The van der Waals surface area contributed by atoms with E-state index in [-0.39, 0.29) is 0 Å². The standard InChI is InChI=1S/C15H13Cl2NO2S/c16-11-5-3-7-13(14(11)17)20-9-8-19-12-6-2-1-4-10(12)15(18)21/h1-7H,8-9H2,(H2,18,21). The minimum absolute atomic E-state index is 0.296. The summed E-state index contributed by atoms with van der Waals surface area (Å²) in [6.07, 6.45) is 0. The van der Waals surface area contributed by atoms with Crippen LogP contribution in [-0.4, -0.2) is 18.2 Å². The quantitative estimate of drug-likeness (QED) is 0.634. The molecule has 3 nitrogen and oxygen atoms in total. The van der Waals surface area contributed by atoms with E-state index in [1.54, 1.807) is 24.3 Å². The first-order valence-corrected chi connectivity index (χ1v) is 7.34. The Kier molecular flexibility index (Phi) is 5.67. The molecule has 21 heavy (non-hydrogen) atoms. The fourth-order valence-corrected chi connectivity index (χ4v) is 2.21. The van der Waals surface area contributed by atoms with Crippen molar-refractivity contribution in [2.75, 3.05) is 13.2 Å². The summed E-state index contributed by atoms with van der Waals surface area (Å²) in [5, 5.41) is 0.844. The molecule has 0 radical (unpaired) electrons. The van der Waals surface area contributed by atoms with Gasteiger partial charge in [-0.15, -0.1) is 0 Å². The topological polar surface area (TPSA) is 44.5 Å². The zero-order valence-electron chi connectivity index (χ0n) is 11.0. The number of hydrogen-bond acceptors (Lipinski definition) is 3. The van der Waals surface area contributed by atoms with Crippen LogP contribution < -0.4 is 15.2 Å². The molecule has 0 bridgehead atoms. The van der Waals surface area contributed by atoms with E-state index in [0.717, 1.165) is 0 Å². The first-order chi connectivity index (χ1) is 10.1. The SMILES string of the molecule is NC(=S)c1ccccc1OCCOc1cccc(Cl)c1Cl. The second-order valence-electron chi connectivity index (χ2n) is 4.11. The van der Waals surface area contributed by atoms with E-state index >= 15 is 0 Å². The molecule has 2 N–H and O–H groups in total. The zero-order chi connectivity index (χ0) is 15.2. The van der Waals surface area contributed by atoms with Gasteiger partial charge in [-0.05, 0) is 24.3 Å². The molecule has 0 saturated heterocycles. The van der Waals surface area contributed by atoms with Gasteiger partial charge in [0, 0.05) is 0 Å². The summed E-state index contributed by atoms with van der Waals surface area (Å²) in [6, 6.07) is 12.5. The Bertz CT molecular complexity index is 649. The maximum atomic E-state index is 6.02. The van der Waals surface area contributed by atoms with Gasteiger partial charge in [0.2, 0.25) is 0 Å². The summed E-state index contributed by atoms with van der Waals surface area (Å²) in [5.74, 6) is 1.15. The first-order valence-electron chi connectivity index (χ1n) is 6.18. The third-order valence-corrected chi connectivity index (χ3v) is 3.69. The highest BCUT2D eigenvalue weighted by molar-refractivity contribution is 7.80. The molecule has 0 aliphatic rings. The Morgan fingerprint density at radius 1 is 0.952 bits per heavy atom. The molecule has 0 fully saturated rings. The van der Waals surface area contributed by atoms with Crippen molar-refractivity contribution in [3.8, 4) is 11.5 Å². The Balaban J connectivity index is 1.91. The third kappa shape index (κ3) is 4.24. The molecule has 0 atom stereocenters. The number of thiocarbonyl (C=S) groups is 1. The average Bonchev–Trinajstić information content (AvgIpc) is 2.48. The predicted molar refractivity (Wildman–Crippen MR) is 89.8 cm³/mol. The monoisotopic (exact) mass is 341 g/mol. The number of rotatable bonds is 6. The van der Waals surface area contributed by atoms with Crippen molar-refractivity contribution in [3.63, 3.8) is 0 Å². The van der Waals surface area contributed by atoms with Gasteiger partial charge in [-0.25, -0.2) is 0 Å². The van der Waals surface area contributed by atoms with Crippen LogP contribution >= 0.6 is 35.4 Å². The van der Waals surface area contributed by atoms with Crippen molar-refractivity contribution in [3.05, 3.63) is 58.1 Å². The van der Waals surface area contributed by atoms with Gasteiger partial charge in [-0.2, -0.15) is 0 Å². The molecule has 0 saturated carbocycles. The van der Waals surface area contributed by atoms with Gasteiger partial charge in [-0.3, -0.25) is 0 Å². The molecule has 2 aromatic rings. The Morgan fingerprint density at radius 2 is 1.57 bits per heavy atom. The van der Waals surface area contributed by atoms with Crippen LogP contribution in [0.15, 0.2) is 42.5 Å². The molecule has 2 aromatic carbocycles. The number of halogens is 2. The number of benzene rings is 2. The second kappa shape index (κ2) is 7.50. The van der Waals surface area contributed by atoms with Crippen molar-refractivity contribution >= 4 is 40.4 Å². The molecule has 110 valence electrons. The van der Waals surface area contributed by atoms with Gasteiger partial charge in [0.25, 0.3) is 0 Å². The molecule has 2 rings (SSSR count). The van der Waals surface area contributed by atoms with Crippen LogP contribution in [0.1, 0.15) is 5.56 Å². The number of nitrogens with two attached hydrogens (primary N) is 1. The summed E-state index contributed by atoms with van der Waals surface area (Å²) < 4.78 is 11.2. The smallest absolute Gasteiger partial charge is 0.139 e. The lowest BCUT2D eigenvalue weighted by Gasteiger charge is -2.12. The van der Waals surface area contributed by atoms with Gasteiger partial charge in [0.1, 0.15) is 34.7 Å². The van der Waals surface area contributed by atoms with Crippen LogP contribution in [0, 0.1) is 0 Å². The van der Waals surface area contributed by atoms with Crippen molar-refractivity contribution in [2.24, 2.45) is 5.73 Å². The van der Waals surface area contributed by atoms with Crippen molar-refractivity contribution < 1.29 is 9.47 Å². The number of hydrogen-bond donors (Lipinski definition) is 1. The minimum atomic E-state index is 0.296. The normalized spacial score (nSPS) is 10.2. The Morgan fingerprint density at radius 3 is 2.29 bits per heavy atom. The van der Waals surface area contributed by atoms with Crippen molar-refractivity contribution in [1.29, 1.82) is 0 Å².